The molecule has 3 heteroatoms. The number of benzene rings is 1. The second kappa shape index (κ2) is 5.15. The molecule has 2 rings (SSSR count). The molecule has 2 unspecified atom stereocenters. The van der Waals surface area contributed by atoms with E-state index in [-0.39, 0.29) is 11.8 Å². The summed E-state index contributed by atoms with van der Waals surface area (Å²) in [5.74, 6) is -0.284. The van der Waals surface area contributed by atoms with Gasteiger partial charge in [0.05, 0.1) is 12.0 Å². The van der Waals surface area contributed by atoms with Gasteiger partial charge in [0.1, 0.15) is 0 Å². The van der Waals surface area contributed by atoms with E-state index in [0.717, 1.165) is 5.69 Å². The molecular weight excluding hydrogens is 214 g/mol. The molecule has 1 aromatic rings. The molecule has 1 N–H and O–H groups in total. The summed E-state index contributed by atoms with van der Waals surface area (Å²) in [6.45, 7) is 2.53. The Kier molecular flexibility index (Phi) is 3.59. The number of carbonyl (C=O) groups is 1. The summed E-state index contributed by atoms with van der Waals surface area (Å²) >= 11 is 0. The third kappa shape index (κ3) is 2.39. The first-order valence-electron chi connectivity index (χ1n) is 5.91. The van der Waals surface area contributed by atoms with Crippen LogP contribution >= 0.6 is 0 Å². The van der Waals surface area contributed by atoms with E-state index < -0.39 is 6.10 Å². The first kappa shape index (κ1) is 11.9. The molecule has 2 atom stereocenters. The van der Waals surface area contributed by atoms with Crippen LogP contribution in [0.15, 0.2) is 42.5 Å². The third-order valence-corrected chi connectivity index (χ3v) is 3.12. The fraction of sp³-hybridized carbons (Fsp3) is 0.357. The van der Waals surface area contributed by atoms with E-state index in [1.165, 1.54) is 0 Å². The zero-order valence-corrected chi connectivity index (χ0v) is 9.91. The zero-order chi connectivity index (χ0) is 12.3. The van der Waals surface area contributed by atoms with Gasteiger partial charge >= 0.3 is 0 Å². The van der Waals surface area contributed by atoms with E-state index in [1.807, 2.05) is 37.3 Å². The first-order chi connectivity index (χ1) is 8.24. The molecule has 0 saturated carbocycles. The molecular formula is C14H17NO2. The van der Waals surface area contributed by atoms with E-state index in [0.29, 0.717) is 13.0 Å². The number of para-hydroxylation sites is 1. The van der Waals surface area contributed by atoms with E-state index in [1.54, 1.807) is 17.1 Å². The molecule has 17 heavy (non-hydrogen) atoms. The van der Waals surface area contributed by atoms with Gasteiger partial charge in [-0.25, -0.2) is 0 Å². The molecule has 3 nitrogen and oxygen atoms in total. The number of rotatable bonds is 3. The van der Waals surface area contributed by atoms with Crippen molar-refractivity contribution >= 4 is 11.6 Å². The summed E-state index contributed by atoms with van der Waals surface area (Å²) in [7, 11) is 0. The largest absolute Gasteiger partial charge is 0.388 e. The topological polar surface area (TPSA) is 40.5 Å². The van der Waals surface area contributed by atoms with E-state index in [9.17, 15) is 9.90 Å². The molecule has 0 spiro atoms. The lowest BCUT2D eigenvalue weighted by molar-refractivity contribution is -0.122. The molecule has 0 bridgehead atoms. The second-order valence-corrected chi connectivity index (χ2v) is 4.24. The molecule has 1 heterocycles. The third-order valence-electron chi connectivity index (χ3n) is 3.12. The summed E-state index contributed by atoms with van der Waals surface area (Å²) in [6.07, 6.45) is 3.50. The van der Waals surface area contributed by atoms with Crippen LogP contribution in [0.1, 0.15) is 13.3 Å². The average molecular weight is 231 g/mol. The van der Waals surface area contributed by atoms with Crippen molar-refractivity contribution in [2.45, 2.75) is 19.4 Å². The highest BCUT2D eigenvalue weighted by molar-refractivity contribution is 5.97. The normalized spacial score (nSPS) is 22.4. The molecule has 0 aromatic heterocycles. The number of hydrogen-bond acceptors (Lipinski definition) is 2. The molecule has 1 saturated heterocycles. The lowest BCUT2D eigenvalue weighted by Gasteiger charge is -2.17. The number of hydrogen-bond donors (Lipinski definition) is 1. The van der Waals surface area contributed by atoms with Crippen molar-refractivity contribution in [3.63, 3.8) is 0 Å². The van der Waals surface area contributed by atoms with Crippen molar-refractivity contribution in [2.75, 3.05) is 11.4 Å². The Morgan fingerprint density at radius 2 is 2.12 bits per heavy atom. The second-order valence-electron chi connectivity index (χ2n) is 4.24. The van der Waals surface area contributed by atoms with Gasteiger partial charge in [-0.05, 0) is 25.5 Å². The Bertz CT molecular complexity index is 413. The number of nitrogens with zero attached hydrogens (tertiary/aromatic N) is 1. The summed E-state index contributed by atoms with van der Waals surface area (Å²) in [4.78, 5) is 13.9. The maximum absolute atomic E-state index is 12.2. The van der Waals surface area contributed by atoms with Crippen LogP contribution < -0.4 is 4.90 Å². The highest BCUT2D eigenvalue weighted by atomic mass is 16.3. The molecule has 1 fully saturated rings. The lowest BCUT2D eigenvalue weighted by atomic mass is 10.0. The number of anilines is 1. The van der Waals surface area contributed by atoms with Crippen molar-refractivity contribution in [1.29, 1.82) is 0 Å². The van der Waals surface area contributed by atoms with Crippen molar-refractivity contribution in [3.8, 4) is 0 Å². The van der Waals surface area contributed by atoms with Gasteiger partial charge in [0.2, 0.25) is 5.91 Å². The molecule has 1 amide bonds. The van der Waals surface area contributed by atoms with Crippen LogP contribution in [0.25, 0.3) is 0 Å². The van der Waals surface area contributed by atoms with Crippen LogP contribution in [0, 0.1) is 5.92 Å². The molecule has 0 radical (unpaired) electrons. The fourth-order valence-corrected chi connectivity index (χ4v) is 2.21. The zero-order valence-electron chi connectivity index (χ0n) is 9.91. The predicted molar refractivity (Wildman–Crippen MR) is 67.7 cm³/mol. The van der Waals surface area contributed by atoms with E-state index >= 15 is 0 Å². The molecule has 0 aliphatic carbocycles. The first-order valence-corrected chi connectivity index (χ1v) is 5.91. The number of carbonyl (C=O) groups excluding carboxylic acids is 1. The minimum Gasteiger partial charge on any atom is -0.388 e. The molecule has 1 aliphatic rings. The smallest absolute Gasteiger partial charge is 0.233 e. The van der Waals surface area contributed by atoms with Crippen LogP contribution in [0.4, 0.5) is 5.69 Å². The fourth-order valence-electron chi connectivity index (χ4n) is 2.21. The summed E-state index contributed by atoms with van der Waals surface area (Å²) in [6, 6.07) is 9.59. The predicted octanol–water partition coefficient (Wildman–Crippen LogP) is 1.98. The minimum atomic E-state index is -0.666. The maximum atomic E-state index is 12.2. The van der Waals surface area contributed by atoms with Crippen LogP contribution in [-0.2, 0) is 4.79 Å². The summed E-state index contributed by atoms with van der Waals surface area (Å²) in [5.41, 5.74) is 0.910. The van der Waals surface area contributed by atoms with Gasteiger partial charge in [-0.2, -0.15) is 0 Å². The van der Waals surface area contributed by atoms with Gasteiger partial charge in [-0.3, -0.25) is 4.79 Å². The Morgan fingerprint density at radius 1 is 1.41 bits per heavy atom. The SMILES string of the molecule is C/C=C/C(O)C1CCN(c2ccccc2)C1=O. The highest BCUT2D eigenvalue weighted by Gasteiger charge is 2.36. The Labute approximate surface area is 101 Å². The quantitative estimate of drug-likeness (QED) is 0.808. The van der Waals surface area contributed by atoms with E-state index in [4.69, 9.17) is 0 Å². The van der Waals surface area contributed by atoms with Crippen LogP contribution in [0.2, 0.25) is 0 Å². The van der Waals surface area contributed by atoms with Gasteiger partial charge in [0.25, 0.3) is 0 Å². The van der Waals surface area contributed by atoms with Gasteiger partial charge in [0.15, 0.2) is 0 Å². The summed E-state index contributed by atoms with van der Waals surface area (Å²) in [5, 5.41) is 9.85. The lowest BCUT2D eigenvalue weighted by Crippen LogP contribution is -2.31. The van der Waals surface area contributed by atoms with Crippen molar-refractivity contribution in [1.82, 2.24) is 0 Å². The molecule has 1 aromatic carbocycles. The maximum Gasteiger partial charge on any atom is 0.233 e. The van der Waals surface area contributed by atoms with Gasteiger partial charge in [0, 0.05) is 12.2 Å². The monoisotopic (exact) mass is 231 g/mol. The average Bonchev–Trinajstić information content (AvgIpc) is 2.72. The Hall–Kier alpha value is -1.61. The number of amides is 1. The van der Waals surface area contributed by atoms with Gasteiger partial charge < -0.3 is 10.0 Å². The van der Waals surface area contributed by atoms with Crippen LogP contribution in [0.3, 0.4) is 0 Å². The van der Waals surface area contributed by atoms with Gasteiger partial charge in [-0.1, -0.05) is 30.4 Å². The summed E-state index contributed by atoms with van der Waals surface area (Å²) < 4.78 is 0. The van der Waals surface area contributed by atoms with Gasteiger partial charge in [-0.15, -0.1) is 0 Å². The van der Waals surface area contributed by atoms with Crippen molar-refractivity contribution in [2.24, 2.45) is 5.92 Å². The van der Waals surface area contributed by atoms with Crippen molar-refractivity contribution in [3.05, 3.63) is 42.5 Å². The van der Waals surface area contributed by atoms with E-state index in [2.05, 4.69) is 0 Å². The molecule has 1 aliphatic heterocycles. The van der Waals surface area contributed by atoms with Crippen molar-refractivity contribution < 1.29 is 9.90 Å². The number of aliphatic hydroxyl groups excluding tert-OH is 1. The minimum absolute atomic E-state index is 0.0156. The number of allylic oxidation sites excluding steroid dienone is 1. The highest BCUT2D eigenvalue weighted by Crippen LogP contribution is 2.27. The standard InChI is InChI=1S/C14H17NO2/c1-2-6-13(16)12-9-10-15(14(12)17)11-7-4-3-5-8-11/h2-8,12-13,16H,9-10H2,1H3/b6-2+. The Balaban J connectivity index is 2.13. The molecule has 90 valence electrons. The van der Waals surface area contributed by atoms with Crippen LogP contribution in [0.5, 0.6) is 0 Å². The van der Waals surface area contributed by atoms with Crippen LogP contribution in [-0.4, -0.2) is 23.7 Å². The Morgan fingerprint density at radius 3 is 2.76 bits per heavy atom. The number of aliphatic hydroxyl groups is 1.